The molecule has 108 valence electrons. The van der Waals surface area contributed by atoms with Crippen molar-refractivity contribution in [2.24, 2.45) is 5.73 Å². The third-order valence-electron chi connectivity index (χ3n) is 3.27. The molecule has 0 heterocycles. The number of rotatable bonds is 9. The number of hydrogen-bond donors (Lipinski definition) is 1. The minimum absolute atomic E-state index is 0.611. The van der Waals surface area contributed by atoms with Crippen LogP contribution in [0, 0.1) is 20.8 Å². The van der Waals surface area contributed by atoms with Crippen molar-refractivity contribution in [3.8, 4) is 5.75 Å². The van der Waals surface area contributed by atoms with E-state index in [4.69, 9.17) is 15.2 Å². The Morgan fingerprint density at radius 1 is 0.842 bits per heavy atom. The summed E-state index contributed by atoms with van der Waals surface area (Å²) in [5, 5.41) is 0. The van der Waals surface area contributed by atoms with Gasteiger partial charge in [0, 0.05) is 6.61 Å². The second kappa shape index (κ2) is 8.94. The molecule has 0 atom stereocenters. The van der Waals surface area contributed by atoms with Gasteiger partial charge in [0.05, 0.1) is 6.61 Å². The first kappa shape index (κ1) is 16.0. The Bertz CT molecular complexity index is 377. The van der Waals surface area contributed by atoms with E-state index in [1.54, 1.807) is 0 Å². The molecule has 0 aromatic heterocycles. The number of hydrogen-bond acceptors (Lipinski definition) is 3. The minimum Gasteiger partial charge on any atom is -0.491 e. The average molecular weight is 265 g/mol. The van der Waals surface area contributed by atoms with Crippen LogP contribution in [0.4, 0.5) is 0 Å². The Kier molecular flexibility index (Phi) is 7.53. The molecule has 0 aliphatic rings. The zero-order valence-electron chi connectivity index (χ0n) is 12.5. The summed E-state index contributed by atoms with van der Waals surface area (Å²) >= 11 is 0. The van der Waals surface area contributed by atoms with Gasteiger partial charge in [0.1, 0.15) is 12.4 Å². The van der Waals surface area contributed by atoms with Crippen LogP contribution in [0.3, 0.4) is 0 Å². The van der Waals surface area contributed by atoms with Crippen molar-refractivity contribution >= 4 is 0 Å². The van der Waals surface area contributed by atoms with Crippen molar-refractivity contribution in [2.45, 2.75) is 40.0 Å². The van der Waals surface area contributed by atoms with Crippen LogP contribution in [0.25, 0.3) is 0 Å². The molecular formula is C16H27NO2. The van der Waals surface area contributed by atoms with Crippen LogP contribution in [0.2, 0.25) is 0 Å². The molecule has 0 aliphatic carbocycles. The van der Waals surface area contributed by atoms with Gasteiger partial charge in [-0.1, -0.05) is 6.07 Å². The molecule has 0 saturated carbocycles. The van der Waals surface area contributed by atoms with Crippen molar-refractivity contribution in [3.63, 3.8) is 0 Å². The molecule has 0 fully saturated rings. The molecule has 0 amide bonds. The minimum atomic E-state index is 0.611. The molecule has 1 rings (SSSR count). The highest BCUT2D eigenvalue weighted by atomic mass is 16.5. The van der Waals surface area contributed by atoms with Gasteiger partial charge in [0.25, 0.3) is 0 Å². The zero-order valence-corrected chi connectivity index (χ0v) is 12.5. The summed E-state index contributed by atoms with van der Waals surface area (Å²) in [4.78, 5) is 0. The lowest BCUT2D eigenvalue weighted by Gasteiger charge is -2.12. The van der Waals surface area contributed by atoms with Crippen molar-refractivity contribution in [2.75, 3.05) is 26.4 Å². The highest BCUT2D eigenvalue weighted by molar-refractivity contribution is 5.40. The standard InChI is InChI=1S/C16H27NO2/c1-13-11-15(3)16(12-14(13)2)19-10-9-18-8-6-4-5-7-17/h11-12H,4-10,17H2,1-3H3. The first-order valence-corrected chi connectivity index (χ1v) is 7.13. The normalized spacial score (nSPS) is 10.7. The van der Waals surface area contributed by atoms with Crippen LogP contribution in [-0.4, -0.2) is 26.4 Å². The molecule has 0 spiro atoms. The van der Waals surface area contributed by atoms with E-state index < -0.39 is 0 Å². The summed E-state index contributed by atoms with van der Waals surface area (Å²) in [7, 11) is 0. The van der Waals surface area contributed by atoms with Crippen molar-refractivity contribution in [1.29, 1.82) is 0 Å². The van der Waals surface area contributed by atoms with E-state index in [2.05, 4.69) is 32.9 Å². The van der Waals surface area contributed by atoms with Gasteiger partial charge in [-0.05, 0) is 69.3 Å². The second-order valence-corrected chi connectivity index (χ2v) is 5.01. The molecule has 0 radical (unpaired) electrons. The summed E-state index contributed by atoms with van der Waals surface area (Å²) in [5.41, 5.74) is 9.19. The summed E-state index contributed by atoms with van der Waals surface area (Å²) in [6.45, 7) is 9.14. The van der Waals surface area contributed by atoms with Crippen LogP contribution in [0.5, 0.6) is 5.75 Å². The van der Waals surface area contributed by atoms with Crippen LogP contribution in [-0.2, 0) is 4.74 Å². The average Bonchev–Trinajstić information content (AvgIpc) is 2.38. The third-order valence-corrected chi connectivity index (χ3v) is 3.27. The molecule has 1 aromatic carbocycles. The van der Waals surface area contributed by atoms with Crippen LogP contribution < -0.4 is 10.5 Å². The number of unbranched alkanes of at least 4 members (excludes halogenated alkanes) is 2. The van der Waals surface area contributed by atoms with Gasteiger partial charge < -0.3 is 15.2 Å². The van der Waals surface area contributed by atoms with E-state index in [-0.39, 0.29) is 0 Å². The number of ether oxygens (including phenoxy) is 2. The highest BCUT2D eigenvalue weighted by Gasteiger charge is 2.02. The predicted molar refractivity (Wildman–Crippen MR) is 79.9 cm³/mol. The fourth-order valence-electron chi connectivity index (χ4n) is 1.93. The maximum absolute atomic E-state index is 5.76. The molecule has 2 N–H and O–H groups in total. The van der Waals surface area contributed by atoms with Gasteiger partial charge in [-0.2, -0.15) is 0 Å². The van der Waals surface area contributed by atoms with E-state index >= 15 is 0 Å². The largest absolute Gasteiger partial charge is 0.491 e. The first-order valence-electron chi connectivity index (χ1n) is 7.13. The number of nitrogens with two attached hydrogens (primary N) is 1. The van der Waals surface area contributed by atoms with E-state index in [0.717, 1.165) is 38.2 Å². The Morgan fingerprint density at radius 2 is 1.58 bits per heavy atom. The van der Waals surface area contributed by atoms with E-state index in [0.29, 0.717) is 13.2 Å². The molecule has 3 nitrogen and oxygen atoms in total. The van der Waals surface area contributed by atoms with E-state index in [1.807, 2.05) is 0 Å². The predicted octanol–water partition coefficient (Wildman–Crippen LogP) is 3.14. The SMILES string of the molecule is Cc1cc(C)c(OCCOCCCCCN)cc1C. The lowest BCUT2D eigenvalue weighted by atomic mass is 10.1. The van der Waals surface area contributed by atoms with Crippen LogP contribution in [0.15, 0.2) is 12.1 Å². The van der Waals surface area contributed by atoms with Crippen LogP contribution in [0.1, 0.15) is 36.0 Å². The van der Waals surface area contributed by atoms with Crippen molar-refractivity contribution in [3.05, 3.63) is 28.8 Å². The van der Waals surface area contributed by atoms with E-state index in [1.165, 1.54) is 16.7 Å². The van der Waals surface area contributed by atoms with Crippen molar-refractivity contribution < 1.29 is 9.47 Å². The Hall–Kier alpha value is -1.06. The second-order valence-electron chi connectivity index (χ2n) is 5.01. The maximum atomic E-state index is 5.76. The number of aryl methyl sites for hydroxylation is 3. The van der Waals surface area contributed by atoms with E-state index in [9.17, 15) is 0 Å². The molecule has 19 heavy (non-hydrogen) atoms. The van der Waals surface area contributed by atoms with Gasteiger partial charge in [0.15, 0.2) is 0 Å². The summed E-state index contributed by atoms with van der Waals surface area (Å²) in [6.07, 6.45) is 3.31. The van der Waals surface area contributed by atoms with Gasteiger partial charge in [-0.15, -0.1) is 0 Å². The summed E-state index contributed by atoms with van der Waals surface area (Å²) < 4.78 is 11.3. The highest BCUT2D eigenvalue weighted by Crippen LogP contribution is 2.22. The number of benzene rings is 1. The summed E-state index contributed by atoms with van der Waals surface area (Å²) in [6, 6.07) is 4.27. The fourth-order valence-corrected chi connectivity index (χ4v) is 1.93. The molecular weight excluding hydrogens is 238 g/mol. The molecule has 0 aliphatic heterocycles. The summed E-state index contributed by atoms with van der Waals surface area (Å²) in [5.74, 6) is 0.967. The zero-order chi connectivity index (χ0) is 14.1. The smallest absolute Gasteiger partial charge is 0.122 e. The van der Waals surface area contributed by atoms with Crippen molar-refractivity contribution in [1.82, 2.24) is 0 Å². The quantitative estimate of drug-likeness (QED) is 0.698. The van der Waals surface area contributed by atoms with Gasteiger partial charge in [0.2, 0.25) is 0 Å². The molecule has 3 heteroatoms. The third kappa shape index (κ3) is 6.08. The van der Waals surface area contributed by atoms with Crippen LogP contribution >= 0.6 is 0 Å². The Morgan fingerprint density at radius 3 is 2.32 bits per heavy atom. The molecule has 0 bridgehead atoms. The molecule has 1 aromatic rings. The molecule has 0 saturated heterocycles. The maximum Gasteiger partial charge on any atom is 0.122 e. The van der Waals surface area contributed by atoms with Gasteiger partial charge >= 0.3 is 0 Å². The lowest BCUT2D eigenvalue weighted by molar-refractivity contribution is 0.0970. The lowest BCUT2D eigenvalue weighted by Crippen LogP contribution is -2.09. The first-order chi connectivity index (χ1) is 9.15. The Labute approximate surface area is 117 Å². The molecule has 0 unspecified atom stereocenters. The fraction of sp³-hybridized carbons (Fsp3) is 0.625. The Balaban J connectivity index is 2.17. The van der Waals surface area contributed by atoms with Gasteiger partial charge in [-0.25, -0.2) is 0 Å². The monoisotopic (exact) mass is 265 g/mol. The van der Waals surface area contributed by atoms with Gasteiger partial charge in [-0.3, -0.25) is 0 Å². The topological polar surface area (TPSA) is 44.5 Å².